The van der Waals surface area contributed by atoms with E-state index in [2.05, 4.69) is 20.0 Å². The van der Waals surface area contributed by atoms with Gasteiger partial charge >= 0.3 is 0 Å². The molecule has 7 nitrogen and oxygen atoms in total. The predicted molar refractivity (Wildman–Crippen MR) is 127 cm³/mol. The zero-order chi connectivity index (χ0) is 23.3. The minimum absolute atomic E-state index is 0.187. The van der Waals surface area contributed by atoms with Crippen molar-refractivity contribution < 1.29 is 13.2 Å². The Hall–Kier alpha value is -4.04. The molecule has 4 aromatic rings. The summed E-state index contributed by atoms with van der Waals surface area (Å²) in [4.78, 5) is 21.2. The first-order chi connectivity index (χ1) is 15.9. The van der Waals surface area contributed by atoms with Crippen LogP contribution in [0.25, 0.3) is 11.3 Å². The largest absolute Gasteiger partial charge is 0.348 e. The van der Waals surface area contributed by atoms with E-state index in [9.17, 15) is 13.2 Å². The number of hydrogen-bond acceptors (Lipinski definition) is 5. The maximum Gasteiger partial charge on any atom is 0.261 e. The highest BCUT2D eigenvalue weighted by Crippen LogP contribution is 2.18. The van der Waals surface area contributed by atoms with Crippen molar-refractivity contribution in [1.29, 1.82) is 0 Å². The normalized spacial score (nSPS) is 11.1. The van der Waals surface area contributed by atoms with Crippen LogP contribution in [0.15, 0.2) is 96.3 Å². The molecule has 0 aliphatic heterocycles. The molecule has 0 unspecified atom stereocenters. The van der Waals surface area contributed by atoms with Crippen LogP contribution in [-0.2, 0) is 16.6 Å². The summed E-state index contributed by atoms with van der Waals surface area (Å²) in [5.41, 5.74) is 4.24. The molecule has 0 saturated heterocycles. The van der Waals surface area contributed by atoms with Gasteiger partial charge in [0.05, 0.1) is 10.6 Å². The number of benzene rings is 2. The Bertz CT molecular complexity index is 1370. The van der Waals surface area contributed by atoms with Gasteiger partial charge in [0.15, 0.2) is 0 Å². The van der Waals surface area contributed by atoms with Crippen LogP contribution in [0.4, 0.5) is 5.69 Å². The van der Waals surface area contributed by atoms with Crippen molar-refractivity contribution in [3.8, 4) is 11.3 Å². The van der Waals surface area contributed by atoms with Gasteiger partial charge in [-0.3, -0.25) is 19.5 Å². The molecule has 0 fully saturated rings. The Morgan fingerprint density at radius 3 is 2.48 bits per heavy atom. The summed E-state index contributed by atoms with van der Waals surface area (Å²) in [5.74, 6) is -0.261. The lowest BCUT2D eigenvalue weighted by Gasteiger charge is -2.10. The highest BCUT2D eigenvalue weighted by atomic mass is 32.2. The molecule has 0 saturated carbocycles. The van der Waals surface area contributed by atoms with Crippen molar-refractivity contribution in [2.45, 2.75) is 18.4 Å². The fourth-order valence-electron chi connectivity index (χ4n) is 3.23. The van der Waals surface area contributed by atoms with Crippen LogP contribution in [0.5, 0.6) is 0 Å². The van der Waals surface area contributed by atoms with E-state index in [1.54, 1.807) is 55.0 Å². The second-order valence-corrected chi connectivity index (χ2v) is 9.16. The van der Waals surface area contributed by atoms with Gasteiger partial charge in [-0.05, 0) is 78.7 Å². The molecule has 2 N–H and O–H groups in total. The van der Waals surface area contributed by atoms with E-state index < -0.39 is 10.0 Å². The van der Waals surface area contributed by atoms with Gasteiger partial charge in [-0.2, -0.15) is 0 Å². The summed E-state index contributed by atoms with van der Waals surface area (Å²) in [5, 5.41) is 2.87. The number of sulfonamides is 1. The SMILES string of the molecule is Cc1cccc(S(=O)(=O)Nc2ccc(C(=O)NCc3ccnc(-c4cccnc4)c3)cc2)c1. The molecule has 0 aliphatic carbocycles. The Labute approximate surface area is 192 Å². The lowest BCUT2D eigenvalue weighted by molar-refractivity contribution is 0.0951. The summed E-state index contributed by atoms with van der Waals surface area (Å²) in [6.07, 6.45) is 5.13. The number of rotatable bonds is 7. The number of hydrogen-bond donors (Lipinski definition) is 2. The average molecular weight is 459 g/mol. The number of aryl methyl sites for hydroxylation is 1. The molecule has 33 heavy (non-hydrogen) atoms. The molecular weight excluding hydrogens is 436 g/mol. The number of nitrogens with zero attached hydrogens (tertiary/aromatic N) is 2. The summed E-state index contributed by atoms with van der Waals surface area (Å²) < 4.78 is 27.7. The van der Waals surface area contributed by atoms with E-state index in [-0.39, 0.29) is 10.8 Å². The number of aromatic nitrogens is 2. The lowest BCUT2D eigenvalue weighted by atomic mass is 10.1. The first kappa shape index (κ1) is 22.2. The van der Waals surface area contributed by atoms with E-state index in [0.717, 1.165) is 22.4 Å². The number of nitrogens with one attached hydrogen (secondary N) is 2. The predicted octanol–water partition coefficient (Wildman–Crippen LogP) is 4.18. The van der Waals surface area contributed by atoms with E-state index >= 15 is 0 Å². The third-order valence-corrected chi connectivity index (χ3v) is 6.31. The number of carbonyl (C=O) groups excluding carboxylic acids is 1. The third-order valence-electron chi connectivity index (χ3n) is 4.93. The number of amides is 1. The fraction of sp³-hybridized carbons (Fsp3) is 0.0800. The molecule has 4 rings (SSSR count). The number of pyridine rings is 2. The molecule has 8 heteroatoms. The first-order valence-corrected chi connectivity index (χ1v) is 11.7. The van der Waals surface area contributed by atoms with Gasteiger partial charge < -0.3 is 5.32 Å². The lowest BCUT2D eigenvalue weighted by Crippen LogP contribution is -2.22. The van der Waals surface area contributed by atoms with Crippen molar-refractivity contribution in [3.05, 3.63) is 108 Å². The van der Waals surface area contributed by atoms with Crippen molar-refractivity contribution >= 4 is 21.6 Å². The molecule has 0 atom stereocenters. The Morgan fingerprint density at radius 2 is 1.76 bits per heavy atom. The van der Waals surface area contributed by atoms with Crippen LogP contribution < -0.4 is 10.0 Å². The molecule has 1 amide bonds. The van der Waals surface area contributed by atoms with Crippen LogP contribution in [0.3, 0.4) is 0 Å². The molecule has 0 aliphatic rings. The molecule has 166 valence electrons. The van der Waals surface area contributed by atoms with Crippen molar-refractivity contribution in [2.75, 3.05) is 4.72 Å². The monoisotopic (exact) mass is 458 g/mol. The quantitative estimate of drug-likeness (QED) is 0.433. The van der Waals surface area contributed by atoms with Crippen LogP contribution in [0.1, 0.15) is 21.5 Å². The van der Waals surface area contributed by atoms with E-state index in [1.165, 1.54) is 6.07 Å². The van der Waals surface area contributed by atoms with Gasteiger partial charge in [-0.25, -0.2) is 8.42 Å². The zero-order valence-corrected chi connectivity index (χ0v) is 18.7. The minimum Gasteiger partial charge on any atom is -0.348 e. The zero-order valence-electron chi connectivity index (χ0n) is 17.9. The minimum atomic E-state index is -3.70. The molecule has 0 radical (unpaired) electrons. The van der Waals surface area contributed by atoms with E-state index in [4.69, 9.17) is 0 Å². The van der Waals surface area contributed by atoms with E-state index in [0.29, 0.717) is 17.8 Å². The van der Waals surface area contributed by atoms with Gasteiger partial charge in [0.2, 0.25) is 0 Å². The molecule has 0 spiro atoms. The van der Waals surface area contributed by atoms with Crippen molar-refractivity contribution in [2.24, 2.45) is 0 Å². The van der Waals surface area contributed by atoms with Gasteiger partial charge in [-0.15, -0.1) is 0 Å². The maximum atomic E-state index is 12.6. The second kappa shape index (κ2) is 9.62. The highest BCUT2D eigenvalue weighted by Gasteiger charge is 2.14. The van der Waals surface area contributed by atoms with Gasteiger partial charge in [0, 0.05) is 41.9 Å². The van der Waals surface area contributed by atoms with Gasteiger partial charge in [-0.1, -0.05) is 12.1 Å². The van der Waals surface area contributed by atoms with Gasteiger partial charge in [0.25, 0.3) is 15.9 Å². The second-order valence-electron chi connectivity index (χ2n) is 7.47. The Morgan fingerprint density at radius 1 is 0.939 bits per heavy atom. The molecule has 2 aromatic heterocycles. The Balaban J connectivity index is 1.39. The third kappa shape index (κ3) is 5.61. The standard InChI is InChI=1S/C25H22N4O3S/c1-18-4-2-6-23(14-18)33(31,32)29-22-9-7-20(8-10-22)25(30)28-16-19-11-13-27-24(15-19)21-5-3-12-26-17-21/h2-15,17,29H,16H2,1H3,(H,28,30). The summed E-state index contributed by atoms with van der Waals surface area (Å²) in [6.45, 7) is 2.16. The van der Waals surface area contributed by atoms with Crippen LogP contribution in [-0.4, -0.2) is 24.3 Å². The van der Waals surface area contributed by atoms with Crippen LogP contribution in [0.2, 0.25) is 0 Å². The number of anilines is 1. The first-order valence-electron chi connectivity index (χ1n) is 10.2. The fourth-order valence-corrected chi connectivity index (χ4v) is 4.39. The molecule has 2 aromatic carbocycles. The molecule has 0 bridgehead atoms. The molecule has 2 heterocycles. The summed E-state index contributed by atoms with van der Waals surface area (Å²) in [7, 11) is -3.70. The highest BCUT2D eigenvalue weighted by molar-refractivity contribution is 7.92. The van der Waals surface area contributed by atoms with Crippen LogP contribution in [0, 0.1) is 6.92 Å². The van der Waals surface area contributed by atoms with Crippen molar-refractivity contribution in [3.63, 3.8) is 0 Å². The Kier molecular flexibility index (Phi) is 6.46. The summed E-state index contributed by atoms with van der Waals surface area (Å²) in [6, 6.07) is 20.5. The van der Waals surface area contributed by atoms with E-state index in [1.807, 2.05) is 37.3 Å². The average Bonchev–Trinajstić information content (AvgIpc) is 2.83. The maximum absolute atomic E-state index is 12.6. The van der Waals surface area contributed by atoms with Crippen LogP contribution >= 0.6 is 0 Å². The summed E-state index contributed by atoms with van der Waals surface area (Å²) >= 11 is 0. The smallest absolute Gasteiger partial charge is 0.261 e. The van der Waals surface area contributed by atoms with Gasteiger partial charge in [0.1, 0.15) is 0 Å². The topological polar surface area (TPSA) is 101 Å². The van der Waals surface area contributed by atoms with Crippen molar-refractivity contribution in [1.82, 2.24) is 15.3 Å². The number of carbonyl (C=O) groups is 1. The molecular formula is C25H22N4O3S.